The maximum Gasteiger partial charge on any atom is 0.287 e. The van der Waals surface area contributed by atoms with E-state index in [0.29, 0.717) is 18.2 Å². The standard InChI is InChI=1S/C14H23ClN4O/c1-3-7-19-14(20)13(15)12(9-17-19)18-10(2)11-5-4-6-16-8-11/h9-11,16,18H,3-8H2,1-2H3. The Kier molecular flexibility index (Phi) is 5.43. The van der Waals surface area contributed by atoms with E-state index in [0.717, 1.165) is 19.5 Å². The lowest BCUT2D eigenvalue weighted by molar-refractivity contribution is 0.347. The predicted octanol–water partition coefficient (Wildman–Crippen LogP) is 2.11. The maximum atomic E-state index is 12.1. The number of hydrogen-bond donors (Lipinski definition) is 2. The van der Waals surface area contributed by atoms with Crippen LogP contribution in [0.4, 0.5) is 5.69 Å². The van der Waals surface area contributed by atoms with Crippen molar-refractivity contribution in [2.24, 2.45) is 5.92 Å². The Balaban J connectivity index is 2.09. The van der Waals surface area contributed by atoms with E-state index in [4.69, 9.17) is 11.6 Å². The molecule has 1 aromatic rings. The molecule has 2 heterocycles. The SMILES string of the molecule is CCCn1ncc(NC(C)C2CCCNC2)c(Cl)c1=O. The number of anilines is 1. The normalized spacial score (nSPS) is 20.6. The summed E-state index contributed by atoms with van der Waals surface area (Å²) < 4.78 is 1.42. The molecule has 0 bridgehead atoms. The van der Waals surface area contributed by atoms with Gasteiger partial charge < -0.3 is 10.6 Å². The lowest BCUT2D eigenvalue weighted by atomic mass is 9.93. The second kappa shape index (κ2) is 7.09. The molecule has 1 saturated heterocycles. The first kappa shape index (κ1) is 15.3. The summed E-state index contributed by atoms with van der Waals surface area (Å²) in [5, 5.41) is 11.1. The van der Waals surface area contributed by atoms with Crippen molar-refractivity contribution in [3.63, 3.8) is 0 Å². The topological polar surface area (TPSA) is 59.0 Å². The Labute approximate surface area is 124 Å². The number of nitrogens with one attached hydrogen (secondary N) is 2. The van der Waals surface area contributed by atoms with Gasteiger partial charge in [0.1, 0.15) is 5.02 Å². The Morgan fingerprint density at radius 3 is 3.10 bits per heavy atom. The van der Waals surface area contributed by atoms with Gasteiger partial charge in [0, 0.05) is 12.6 Å². The van der Waals surface area contributed by atoms with Gasteiger partial charge in [0.25, 0.3) is 5.56 Å². The molecule has 0 aromatic carbocycles. The zero-order chi connectivity index (χ0) is 14.5. The number of nitrogens with zero attached hydrogens (tertiary/aromatic N) is 2. The van der Waals surface area contributed by atoms with Crippen LogP contribution in [0.2, 0.25) is 5.02 Å². The molecule has 2 unspecified atom stereocenters. The third-order valence-corrected chi connectivity index (χ3v) is 4.21. The molecule has 1 aromatic heterocycles. The van der Waals surface area contributed by atoms with Gasteiger partial charge in [-0.1, -0.05) is 18.5 Å². The molecule has 112 valence electrons. The molecule has 0 saturated carbocycles. The van der Waals surface area contributed by atoms with Crippen LogP contribution in [0.3, 0.4) is 0 Å². The second-order valence-electron chi connectivity index (χ2n) is 5.44. The maximum absolute atomic E-state index is 12.1. The monoisotopic (exact) mass is 298 g/mol. The summed E-state index contributed by atoms with van der Waals surface area (Å²) in [5.41, 5.74) is 0.426. The van der Waals surface area contributed by atoms with E-state index in [2.05, 4.69) is 22.7 Å². The van der Waals surface area contributed by atoms with Crippen molar-refractivity contribution in [1.82, 2.24) is 15.1 Å². The Morgan fingerprint density at radius 2 is 2.45 bits per heavy atom. The molecule has 6 heteroatoms. The van der Waals surface area contributed by atoms with Crippen LogP contribution in [0.1, 0.15) is 33.1 Å². The summed E-state index contributed by atoms with van der Waals surface area (Å²) in [7, 11) is 0. The average molecular weight is 299 g/mol. The first-order chi connectivity index (χ1) is 9.63. The van der Waals surface area contributed by atoms with Gasteiger partial charge in [-0.15, -0.1) is 0 Å². The van der Waals surface area contributed by atoms with E-state index in [1.165, 1.54) is 17.5 Å². The summed E-state index contributed by atoms with van der Waals surface area (Å²) >= 11 is 6.17. The lowest BCUT2D eigenvalue weighted by Crippen LogP contribution is -2.39. The van der Waals surface area contributed by atoms with Gasteiger partial charge >= 0.3 is 0 Å². The number of aryl methyl sites for hydroxylation is 1. The minimum Gasteiger partial charge on any atom is -0.380 e. The van der Waals surface area contributed by atoms with Gasteiger partial charge in [0.2, 0.25) is 0 Å². The van der Waals surface area contributed by atoms with Crippen LogP contribution < -0.4 is 16.2 Å². The van der Waals surface area contributed by atoms with E-state index < -0.39 is 0 Å². The van der Waals surface area contributed by atoms with Crippen molar-refractivity contribution in [3.8, 4) is 0 Å². The van der Waals surface area contributed by atoms with Gasteiger partial charge in [0.05, 0.1) is 11.9 Å². The van der Waals surface area contributed by atoms with Crippen molar-refractivity contribution in [2.75, 3.05) is 18.4 Å². The molecule has 5 nitrogen and oxygen atoms in total. The van der Waals surface area contributed by atoms with Gasteiger partial charge in [0.15, 0.2) is 0 Å². The number of rotatable bonds is 5. The molecule has 1 fully saturated rings. The summed E-state index contributed by atoms with van der Waals surface area (Å²) in [6.45, 7) is 6.84. The van der Waals surface area contributed by atoms with Crippen LogP contribution in [-0.4, -0.2) is 28.9 Å². The van der Waals surface area contributed by atoms with E-state index >= 15 is 0 Å². The third-order valence-electron chi connectivity index (χ3n) is 3.85. The van der Waals surface area contributed by atoms with Crippen LogP contribution in [0.25, 0.3) is 0 Å². The van der Waals surface area contributed by atoms with E-state index in [-0.39, 0.29) is 16.6 Å². The first-order valence-corrected chi connectivity index (χ1v) is 7.74. The zero-order valence-corrected chi connectivity index (χ0v) is 12.9. The van der Waals surface area contributed by atoms with Crippen molar-refractivity contribution in [3.05, 3.63) is 21.6 Å². The van der Waals surface area contributed by atoms with Gasteiger partial charge in [-0.2, -0.15) is 5.10 Å². The molecule has 1 aliphatic heterocycles. The van der Waals surface area contributed by atoms with Crippen molar-refractivity contribution in [1.29, 1.82) is 0 Å². The highest BCUT2D eigenvalue weighted by molar-refractivity contribution is 6.32. The average Bonchev–Trinajstić information content (AvgIpc) is 2.48. The molecule has 0 radical (unpaired) electrons. The molecule has 2 rings (SSSR count). The van der Waals surface area contributed by atoms with Gasteiger partial charge in [-0.3, -0.25) is 4.79 Å². The van der Waals surface area contributed by atoms with E-state index in [9.17, 15) is 4.79 Å². The second-order valence-corrected chi connectivity index (χ2v) is 5.82. The fourth-order valence-electron chi connectivity index (χ4n) is 2.61. The molecule has 0 aliphatic carbocycles. The molecule has 1 aliphatic rings. The van der Waals surface area contributed by atoms with Crippen LogP contribution in [-0.2, 0) is 6.54 Å². The van der Waals surface area contributed by atoms with Gasteiger partial charge in [-0.05, 0) is 45.2 Å². The highest BCUT2D eigenvalue weighted by Crippen LogP contribution is 2.21. The molecular weight excluding hydrogens is 276 g/mol. The molecule has 0 spiro atoms. The minimum absolute atomic E-state index is 0.215. The Morgan fingerprint density at radius 1 is 1.65 bits per heavy atom. The highest BCUT2D eigenvalue weighted by atomic mass is 35.5. The van der Waals surface area contributed by atoms with Crippen LogP contribution in [0, 0.1) is 5.92 Å². The first-order valence-electron chi connectivity index (χ1n) is 7.36. The van der Waals surface area contributed by atoms with E-state index in [1.54, 1.807) is 6.20 Å². The van der Waals surface area contributed by atoms with Crippen LogP contribution >= 0.6 is 11.6 Å². The summed E-state index contributed by atoms with van der Waals surface area (Å²) in [5.74, 6) is 0.554. The minimum atomic E-state index is -0.215. The van der Waals surface area contributed by atoms with E-state index in [1.807, 2.05) is 6.92 Å². The quantitative estimate of drug-likeness (QED) is 0.874. The lowest BCUT2D eigenvalue weighted by Gasteiger charge is -2.29. The van der Waals surface area contributed by atoms with Gasteiger partial charge in [-0.25, -0.2) is 4.68 Å². The predicted molar refractivity (Wildman–Crippen MR) is 82.5 cm³/mol. The fourth-order valence-corrected chi connectivity index (χ4v) is 2.81. The third kappa shape index (κ3) is 3.52. The van der Waals surface area contributed by atoms with Crippen LogP contribution in [0.15, 0.2) is 11.0 Å². The Hall–Kier alpha value is -1.07. The van der Waals surface area contributed by atoms with Crippen LogP contribution in [0.5, 0.6) is 0 Å². The fraction of sp³-hybridized carbons (Fsp3) is 0.714. The number of hydrogen-bond acceptors (Lipinski definition) is 4. The molecule has 2 atom stereocenters. The highest BCUT2D eigenvalue weighted by Gasteiger charge is 2.21. The molecule has 20 heavy (non-hydrogen) atoms. The van der Waals surface area contributed by atoms with Crippen molar-refractivity contribution < 1.29 is 0 Å². The van der Waals surface area contributed by atoms with Crippen molar-refractivity contribution >= 4 is 17.3 Å². The smallest absolute Gasteiger partial charge is 0.287 e. The summed E-state index contributed by atoms with van der Waals surface area (Å²) in [6.07, 6.45) is 4.91. The summed E-state index contributed by atoms with van der Waals surface area (Å²) in [4.78, 5) is 12.1. The number of halogens is 1. The Bertz CT molecular complexity index is 496. The molecular formula is C14H23ClN4O. The molecule has 2 N–H and O–H groups in total. The van der Waals surface area contributed by atoms with Crippen molar-refractivity contribution in [2.45, 2.75) is 45.7 Å². The zero-order valence-electron chi connectivity index (χ0n) is 12.2. The molecule has 0 amide bonds. The number of aromatic nitrogens is 2. The number of piperidine rings is 1. The summed E-state index contributed by atoms with van der Waals surface area (Å²) in [6, 6.07) is 0.267. The largest absolute Gasteiger partial charge is 0.380 e.